The van der Waals surface area contributed by atoms with Gasteiger partial charge in [0.05, 0.1) is 22.5 Å². The van der Waals surface area contributed by atoms with E-state index in [9.17, 15) is 14.4 Å². The number of nitrogens with one attached hydrogen (secondary N) is 3. The first-order chi connectivity index (χ1) is 19.0. The molecule has 11 heteroatoms. The number of aromatic nitrogens is 2. The first-order valence-electron chi connectivity index (χ1n) is 13.3. The lowest BCUT2D eigenvalue weighted by molar-refractivity contribution is -0.132. The second-order valence-electron chi connectivity index (χ2n) is 10.1. The Hall–Kier alpha value is -4.22. The molecule has 0 bridgehead atoms. The molecule has 202 valence electrons. The molecule has 3 amide bonds. The van der Waals surface area contributed by atoms with E-state index in [1.165, 1.54) is 0 Å². The molecular formula is C28H31N7O4. The van der Waals surface area contributed by atoms with Crippen molar-refractivity contribution in [2.75, 3.05) is 58.2 Å². The van der Waals surface area contributed by atoms with Crippen molar-refractivity contribution in [3.63, 3.8) is 0 Å². The molecule has 3 heterocycles. The zero-order chi connectivity index (χ0) is 26.9. The molecule has 2 aliphatic heterocycles. The number of likely N-dealkylation sites (N-methyl/N-ethyl adjacent to an activating group) is 1. The molecule has 3 aliphatic rings. The lowest BCUT2D eigenvalue weighted by Gasteiger charge is -2.32. The number of amides is 3. The number of carbonyl (C=O) groups excluding carboxylic acids is 3. The van der Waals surface area contributed by atoms with Crippen LogP contribution in [0.4, 0.5) is 10.5 Å². The summed E-state index contributed by atoms with van der Waals surface area (Å²) in [5.41, 5.74) is 6.84. The van der Waals surface area contributed by atoms with Gasteiger partial charge in [0.15, 0.2) is 12.4 Å². The molecule has 0 atom stereocenters. The average Bonchev–Trinajstić information content (AvgIpc) is 3.68. The average molecular weight is 530 g/mol. The van der Waals surface area contributed by atoms with Crippen LogP contribution < -0.4 is 15.5 Å². The highest BCUT2D eigenvalue weighted by molar-refractivity contribution is 6.26. The molecule has 3 aromatic rings. The fraction of sp³-hybridized carbons (Fsp3) is 0.357. The number of carbonyl (C=O) groups is 3. The van der Waals surface area contributed by atoms with Crippen LogP contribution in [0.1, 0.15) is 28.8 Å². The minimum Gasteiger partial charge on any atom is -0.484 e. The van der Waals surface area contributed by atoms with E-state index in [-0.39, 0.29) is 24.3 Å². The third-order valence-electron chi connectivity index (χ3n) is 7.51. The van der Waals surface area contributed by atoms with Crippen LogP contribution in [0.3, 0.4) is 0 Å². The summed E-state index contributed by atoms with van der Waals surface area (Å²) >= 11 is 0. The molecule has 2 saturated heterocycles. The number of benzene rings is 2. The molecule has 0 unspecified atom stereocenters. The van der Waals surface area contributed by atoms with Gasteiger partial charge in [-0.25, -0.2) is 9.80 Å². The minimum absolute atomic E-state index is 0.00308. The Labute approximate surface area is 226 Å². The second kappa shape index (κ2) is 10.5. The predicted molar refractivity (Wildman–Crippen MR) is 145 cm³/mol. The van der Waals surface area contributed by atoms with Gasteiger partial charge < -0.3 is 19.9 Å². The van der Waals surface area contributed by atoms with Crippen molar-refractivity contribution in [3.8, 4) is 28.3 Å². The Bertz CT molecular complexity index is 1400. The number of nitrogens with zero attached hydrogens (tertiary/aromatic N) is 4. The standard InChI is InChI=1S/C28H31N7O4/c1-33-13-15-35(16-14-33)32-28(38)29-21-6-4-5-20-23(21)27(37)24-25(30-31-26(20)24)18-7-9-19(10-8-18)39-17-22(36)34-11-2-3-12-34/h4-10H,2-3,11-17H2,1H3,(H,30,31)(H2,29,32,38). The van der Waals surface area contributed by atoms with E-state index in [1.807, 2.05) is 34.2 Å². The van der Waals surface area contributed by atoms with Crippen molar-refractivity contribution in [3.05, 3.63) is 53.6 Å². The van der Waals surface area contributed by atoms with Gasteiger partial charge in [0.1, 0.15) is 11.4 Å². The monoisotopic (exact) mass is 529 g/mol. The van der Waals surface area contributed by atoms with Gasteiger partial charge in [0.25, 0.3) is 5.91 Å². The van der Waals surface area contributed by atoms with E-state index in [1.54, 1.807) is 18.2 Å². The summed E-state index contributed by atoms with van der Waals surface area (Å²) in [6.45, 7) is 4.78. The van der Waals surface area contributed by atoms with E-state index in [0.29, 0.717) is 39.5 Å². The van der Waals surface area contributed by atoms with Gasteiger partial charge in [-0.3, -0.25) is 20.1 Å². The van der Waals surface area contributed by atoms with Crippen LogP contribution in [0.5, 0.6) is 5.75 Å². The number of ketones is 1. The SMILES string of the molecule is CN1CCN(NC(=O)Nc2cccc3c2C(=O)c2c(-c4ccc(OCC(=O)N5CCCC5)cc4)n[nH]c2-3)CC1. The first-order valence-corrected chi connectivity index (χ1v) is 13.3. The molecule has 39 heavy (non-hydrogen) atoms. The smallest absolute Gasteiger partial charge is 0.333 e. The zero-order valence-corrected chi connectivity index (χ0v) is 21.8. The fourth-order valence-corrected chi connectivity index (χ4v) is 5.33. The molecule has 6 rings (SSSR count). The van der Waals surface area contributed by atoms with Crippen LogP contribution in [-0.4, -0.2) is 95.7 Å². The first kappa shape index (κ1) is 25.1. The van der Waals surface area contributed by atoms with Gasteiger partial charge in [-0.1, -0.05) is 12.1 Å². The molecular weight excluding hydrogens is 498 g/mol. The maximum atomic E-state index is 13.6. The topological polar surface area (TPSA) is 123 Å². The van der Waals surface area contributed by atoms with Crippen molar-refractivity contribution < 1.29 is 19.1 Å². The number of piperazine rings is 1. The number of urea groups is 1. The molecule has 0 spiro atoms. The number of fused-ring (bicyclic) bond motifs is 3. The highest BCUT2D eigenvalue weighted by Gasteiger charge is 2.35. The molecule has 3 N–H and O–H groups in total. The number of H-pyrrole nitrogens is 1. The Morgan fingerprint density at radius 2 is 1.72 bits per heavy atom. The Morgan fingerprint density at radius 1 is 0.974 bits per heavy atom. The highest BCUT2D eigenvalue weighted by Crippen LogP contribution is 2.43. The minimum atomic E-state index is -0.381. The summed E-state index contributed by atoms with van der Waals surface area (Å²) in [6, 6.07) is 12.2. The number of ether oxygens (including phenoxy) is 1. The predicted octanol–water partition coefficient (Wildman–Crippen LogP) is 2.57. The van der Waals surface area contributed by atoms with E-state index in [2.05, 4.69) is 32.9 Å². The number of hydrazine groups is 1. The summed E-state index contributed by atoms with van der Waals surface area (Å²) < 4.78 is 5.69. The molecule has 1 aliphatic carbocycles. The zero-order valence-electron chi connectivity index (χ0n) is 21.8. The third-order valence-corrected chi connectivity index (χ3v) is 7.51. The second-order valence-corrected chi connectivity index (χ2v) is 10.1. The molecule has 2 aromatic carbocycles. The van der Waals surface area contributed by atoms with Crippen LogP contribution in [-0.2, 0) is 4.79 Å². The number of hydrogen-bond donors (Lipinski definition) is 3. The number of anilines is 1. The molecule has 0 radical (unpaired) electrons. The third kappa shape index (κ3) is 4.98. The number of rotatable bonds is 6. The van der Waals surface area contributed by atoms with Crippen LogP contribution in [0.25, 0.3) is 22.5 Å². The molecule has 0 saturated carbocycles. The van der Waals surface area contributed by atoms with Crippen molar-refractivity contribution in [2.24, 2.45) is 0 Å². The molecule has 11 nitrogen and oxygen atoms in total. The highest BCUT2D eigenvalue weighted by atomic mass is 16.5. The summed E-state index contributed by atoms with van der Waals surface area (Å²) in [4.78, 5) is 42.6. The summed E-state index contributed by atoms with van der Waals surface area (Å²) in [5.74, 6) is 0.369. The number of hydrogen-bond acceptors (Lipinski definition) is 7. The van der Waals surface area contributed by atoms with Crippen molar-refractivity contribution in [2.45, 2.75) is 12.8 Å². The summed E-state index contributed by atoms with van der Waals surface area (Å²) in [5, 5.41) is 12.2. The van der Waals surface area contributed by atoms with E-state index < -0.39 is 0 Å². The maximum absolute atomic E-state index is 13.6. The summed E-state index contributed by atoms with van der Waals surface area (Å²) in [6.07, 6.45) is 2.08. The van der Waals surface area contributed by atoms with Crippen LogP contribution in [0, 0.1) is 0 Å². The number of likely N-dealkylation sites (tertiary alicyclic amines) is 1. The van der Waals surface area contributed by atoms with Gasteiger partial charge in [0.2, 0.25) is 0 Å². The van der Waals surface area contributed by atoms with E-state index in [0.717, 1.165) is 57.7 Å². The quantitative estimate of drug-likeness (QED) is 0.351. The summed E-state index contributed by atoms with van der Waals surface area (Å²) in [7, 11) is 2.05. The molecule has 2 fully saturated rings. The van der Waals surface area contributed by atoms with Crippen LogP contribution in [0.15, 0.2) is 42.5 Å². The van der Waals surface area contributed by atoms with Gasteiger partial charge in [-0.15, -0.1) is 0 Å². The van der Waals surface area contributed by atoms with E-state index >= 15 is 0 Å². The number of aromatic amines is 1. The molecule has 1 aromatic heterocycles. The fourth-order valence-electron chi connectivity index (χ4n) is 5.33. The van der Waals surface area contributed by atoms with Gasteiger partial charge >= 0.3 is 6.03 Å². The van der Waals surface area contributed by atoms with Crippen molar-refractivity contribution in [1.29, 1.82) is 0 Å². The van der Waals surface area contributed by atoms with Crippen molar-refractivity contribution >= 4 is 23.4 Å². The normalized spacial score (nSPS) is 17.2. The lowest BCUT2D eigenvalue weighted by atomic mass is 10.0. The van der Waals surface area contributed by atoms with Gasteiger partial charge in [0, 0.05) is 50.4 Å². The van der Waals surface area contributed by atoms with Gasteiger partial charge in [-0.05, 0) is 50.2 Å². The van der Waals surface area contributed by atoms with Crippen LogP contribution in [0.2, 0.25) is 0 Å². The van der Waals surface area contributed by atoms with Gasteiger partial charge in [-0.2, -0.15) is 5.10 Å². The Morgan fingerprint density at radius 3 is 2.46 bits per heavy atom. The Kier molecular flexibility index (Phi) is 6.76. The largest absolute Gasteiger partial charge is 0.484 e. The van der Waals surface area contributed by atoms with Crippen molar-refractivity contribution in [1.82, 2.24) is 30.4 Å². The van der Waals surface area contributed by atoms with E-state index in [4.69, 9.17) is 4.74 Å². The Balaban J connectivity index is 1.15. The lowest BCUT2D eigenvalue weighted by Crippen LogP contribution is -2.53. The maximum Gasteiger partial charge on any atom is 0.333 e. The van der Waals surface area contributed by atoms with Crippen LogP contribution >= 0.6 is 0 Å².